The lowest BCUT2D eigenvalue weighted by Gasteiger charge is -2.12. The van der Waals surface area contributed by atoms with E-state index in [1.54, 1.807) is 7.11 Å². The molecule has 0 aliphatic carbocycles. The number of rotatable bonds is 6. The first kappa shape index (κ1) is 15.1. The average Bonchev–Trinajstić information content (AvgIpc) is 2.74. The van der Waals surface area contributed by atoms with Gasteiger partial charge in [0.2, 0.25) is 0 Å². The van der Waals surface area contributed by atoms with Crippen molar-refractivity contribution in [3.63, 3.8) is 0 Å². The van der Waals surface area contributed by atoms with Crippen molar-refractivity contribution in [2.45, 2.75) is 33.5 Å². The van der Waals surface area contributed by atoms with Crippen molar-refractivity contribution >= 4 is 21.6 Å². The summed E-state index contributed by atoms with van der Waals surface area (Å²) in [6.45, 7) is 6.31. The van der Waals surface area contributed by atoms with Crippen LogP contribution in [0.2, 0.25) is 0 Å². The molecular formula is C15H20BrN3O. The van der Waals surface area contributed by atoms with Crippen LogP contribution in [0.25, 0.3) is 0 Å². The molecule has 0 saturated carbocycles. The highest BCUT2D eigenvalue weighted by atomic mass is 79.9. The van der Waals surface area contributed by atoms with Gasteiger partial charge in [0.15, 0.2) is 0 Å². The number of hydrogen-bond donors (Lipinski definition) is 1. The molecule has 0 atom stereocenters. The van der Waals surface area contributed by atoms with Gasteiger partial charge >= 0.3 is 0 Å². The maximum Gasteiger partial charge on any atom is 0.0739 e. The summed E-state index contributed by atoms with van der Waals surface area (Å²) in [5.41, 5.74) is 4.44. The summed E-state index contributed by atoms with van der Waals surface area (Å²) >= 11 is 3.62. The highest BCUT2D eigenvalue weighted by molar-refractivity contribution is 9.10. The Hall–Kier alpha value is -1.33. The van der Waals surface area contributed by atoms with Gasteiger partial charge in [-0.3, -0.25) is 4.68 Å². The van der Waals surface area contributed by atoms with Crippen molar-refractivity contribution in [2.24, 2.45) is 0 Å². The Bertz CT molecular complexity index is 580. The quantitative estimate of drug-likeness (QED) is 0.872. The van der Waals surface area contributed by atoms with Crippen molar-refractivity contribution in [2.75, 3.05) is 12.4 Å². The molecule has 0 aliphatic heterocycles. The van der Waals surface area contributed by atoms with Crippen molar-refractivity contribution in [1.29, 1.82) is 0 Å². The van der Waals surface area contributed by atoms with Gasteiger partial charge in [-0.2, -0.15) is 5.10 Å². The molecule has 1 aromatic carbocycles. The Labute approximate surface area is 128 Å². The second-order valence-corrected chi connectivity index (χ2v) is 5.40. The molecule has 0 amide bonds. The Morgan fingerprint density at radius 3 is 2.80 bits per heavy atom. The lowest BCUT2D eigenvalue weighted by Crippen LogP contribution is -2.09. The standard InChI is InChI=1S/C15H20BrN3O/c1-4-19-14(15(16)11(2)18-19)9-17-13-8-6-5-7-12(13)10-20-3/h5-8,17H,4,9-10H2,1-3H3. The molecule has 1 heterocycles. The summed E-state index contributed by atoms with van der Waals surface area (Å²) in [6.07, 6.45) is 0. The summed E-state index contributed by atoms with van der Waals surface area (Å²) in [7, 11) is 1.71. The van der Waals surface area contributed by atoms with E-state index in [0.29, 0.717) is 6.61 Å². The molecule has 0 fully saturated rings. The number of para-hydroxylation sites is 1. The molecule has 0 aliphatic rings. The third kappa shape index (κ3) is 3.22. The largest absolute Gasteiger partial charge is 0.380 e. The molecule has 1 aromatic heterocycles. The molecule has 2 aromatic rings. The summed E-state index contributed by atoms with van der Waals surface area (Å²) in [5, 5.41) is 7.98. The third-order valence-electron chi connectivity index (χ3n) is 3.22. The minimum absolute atomic E-state index is 0.608. The van der Waals surface area contributed by atoms with Gasteiger partial charge in [-0.25, -0.2) is 0 Å². The van der Waals surface area contributed by atoms with Crippen LogP contribution in [0.4, 0.5) is 5.69 Å². The van der Waals surface area contributed by atoms with Gasteiger partial charge in [0.05, 0.1) is 29.0 Å². The number of aromatic nitrogens is 2. The van der Waals surface area contributed by atoms with E-state index in [0.717, 1.165) is 40.2 Å². The molecule has 0 radical (unpaired) electrons. The first-order valence-corrected chi connectivity index (χ1v) is 7.49. The Morgan fingerprint density at radius 1 is 1.35 bits per heavy atom. The van der Waals surface area contributed by atoms with E-state index in [4.69, 9.17) is 4.74 Å². The number of aryl methyl sites for hydroxylation is 2. The lowest BCUT2D eigenvalue weighted by atomic mass is 10.2. The smallest absolute Gasteiger partial charge is 0.0739 e. The molecule has 0 unspecified atom stereocenters. The Balaban J connectivity index is 2.17. The van der Waals surface area contributed by atoms with E-state index >= 15 is 0 Å². The topological polar surface area (TPSA) is 39.1 Å². The normalized spacial score (nSPS) is 10.8. The van der Waals surface area contributed by atoms with Crippen LogP contribution in [0, 0.1) is 6.92 Å². The Kier molecular flexibility index (Phi) is 5.20. The van der Waals surface area contributed by atoms with Crippen LogP contribution in [0.5, 0.6) is 0 Å². The molecular weight excluding hydrogens is 318 g/mol. The zero-order valence-electron chi connectivity index (χ0n) is 12.1. The minimum atomic E-state index is 0.608. The van der Waals surface area contributed by atoms with E-state index < -0.39 is 0 Å². The number of hydrogen-bond acceptors (Lipinski definition) is 3. The van der Waals surface area contributed by atoms with Gasteiger partial charge in [0.1, 0.15) is 0 Å². The monoisotopic (exact) mass is 337 g/mol. The van der Waals surface area contributed by atoms with E-state index in [2.05, 4.69) is 45.4 Å². The SMILES string of the molecule is CCn1nc(C)c(Br)c1CNc1ccccc1COC. The van der Waals surface area contributed by atoms with E-state index in [9.17, 15) is 0 Å². The molecule has 0 saturated heterocycles. The number of anilines is 1. The molecule has 0 spiro atoms. The lowest BCUT2D eigenvalue weighted by molar-refractivity contribution is 0.185. The number of ether oxygens (including phenoxy) is 1. The number of benzene rings is 1. The summed E-state index contributed by atoms with van der Waals surface area (Å²) in [6, 6.07) is 8.19. The number of nitrogens with zero attached hydrogens (tertiary/aromatic N) is 2. The van der Waals surface area contributed by atoms with Crippen molar-refractivity contribution < 1.29 is 4.74 Å². The van der Waals surface area contributed by atoms with Gasteiger partial charge < -0.3 is 10.1 Å². The Morgan fingerprint density at radius 2 is 2.10 bits per heavy atom. The van der Waals surface area contributed by atoms with Crippen molar-refractivity contribution in [1.82, 2.24) is 9.78 Å². The molecule has 20 heavy (non-hydrogen) atoms. The van der Waals surface area contributed by atoms with Crippen molar-refractivity contribution in [3.8, 4) is 0 Å². The molecule has 0 bridgehead atoms. The summed E-state index contributed by atoms with van der Waals surface area (Å²) < 4.78 is 8.33. The van der Waals surface area contributed by atoms with Crippen LogP contribution >= 0.6 is 15.9 Å². The summed E-state index contributed by atoms with van der Waals surface area (Å²) in [5.74, 6) is 0. The highest BCUT2D eigenvalue weighted by Gasteiger charge is 2.12. The zero-order valence-corrected chi connectivity index (χ0v) is 13.7. The number of nitrogens with one attached hydrogen (secondary N) is 1. The predicted octanol–water partition coefficient (Wildman–Crippen LogP) is 3.73. The van der Waals surface area contributed by atoms with Gasteiger partial charge in [-0.05, 0) is 35.8 Å². The number of halogens is 1. The van der Waals surface area contributed by atoms with Gasteiger partial charge in [-0.1, -0.05) is 18.2 Å². The molecule has 2 rings (SSSR count). The van der Waals surface area contributed by atoms with Crippen LogP contribution in [0.15, 0.2) is 28.7 Å². The first-order chi connectivity index (χ1) is 9.67. The minimum Gasteiger partial charge on any atom is -0.380 e. The van der Waals surface area contributed by atoms with E-state index in [1.807, 2.05) is 23.7 Å². The molecule has 1 N–H and O–H groups in total. The van der Waals surface area contributed by atoms with Crippen LogP contribution in [0.3, 0.4) is 0 Å². The van der Waals surface area contributed by atoms with E-state index in [-0.39, 0.29) is 0 Å². The van der Waals surface area contributed by atoms with E-state index in [1.165, 1.54) is 0 Å². The maximum atomic E-state index is 5.23. The zero-order chi connectivity index (χ0) is 14.5. The highest BCUT2D eigenvalue weighted by Crippen LogP contribution is 2.23. The number of methoxy groups -OCH3 is 1. The fourth-order valence-corrected chi connectivity index (χ4v) is 2.62. The third-order valence-corrected chi connectivity index (χ3v) is 4.25. The average molecular weight is 338 g/mol. The molecule has 4 nitrogen and oxygen atoms in total. The fourth-order valence-electron chi connectivity index (χ4n) is 2.19. The molecule has 108 valence electrons. The molecule has 5 heteroatoms. The van der Waals surface area contributed by atoms with Crippen LogP contribution in [0.1, 0.15) is 23.9 Å². The van der Waals surface area contributed by atoms with Crippen molar-refractivity contribution in [3.05, 3.63) is 45.7 Å². The summed E-state index contributed by atoms with van der Waals surface area (Å²) in [4.78, 5) is 0. The van der Waals surface area contributed by atoms with Crippen LogP contribution < -0.4 is 5.32 Å². The van der Waals surface area contributed by atoms with Crippen LogP contribution in [-0.4, -0.2) is 16.9 Å². The van der Waals surface area contributed by atoms with Gasteiger partial charge in [0.25, 0.3) is 0 Å². The predicted molar refractivity (Wildman–Crippen MR) is 84.8 cm³/mol. The second-order valence-electron chi connectivity index (χ2n) is 4.61. The van der Waals surface area contributed by atoms with Gasteiger partial charge in [-0.15, -0.1) is 0 Å². The fraction of sp³-hybridized carbons (Fsp3) is 0.400. The van der Waals surface area contributed by atoms with Gasteiger partial charge in [0, 0.05) is 24.9 Å². The first-order valence-electron chi connectivity index (χ1n) is 6.69. The maximum absolute atomic E-state index is 5.23. The second kappa shape index (κ2) is 6.90. The van der Waals surface area contributed by atoms with Crippen LogP contribution in [-0.2, 0) is 24.4 Å².